The van der Waals surface area contributed by atoms with Gasteiger partial charge in [-0.25, -0.2) is 4.98 Å². The van der Waals surface area contributed by atoms with Gasteiger partial charge in [-0.2, -0.15) is 0 Å². The number of Topliss-reactive ketones (excluding diaryl/α,β-unsaturated/α-hetero) is 2. The molecule has 1 amide bonds. The number of phenols is 1. The molecule has 3 aliphatic rings. The third-order valence-electron chi connectivity index (χ3n) is 8.25. The quantitative estimate of drug-likeness (QED) is 0.174. The van der Waals surface area contributed by atoms with Crippen molar-refractivity contribution in [2.45, 2.75) is 18.9 Å². The van der Waals surface area contributed by atoms with Crippen molar-refractivity contribution in [3.8, 4) is 17.0 Å². The van der Waals surface area contributed by atoms with Crippen LogP contribution in [0.15, 0.2) is 64.8 Å². The van der Waals surface area contributed by atoms with E-state index in [4.69, 9.17) is 5.73 Å². The maximum absolute atomic E-state index is 13.9. The molecule has 1 fully saturated rings. The normalized spacial score (nSPS) is 23.8. The first-order valence-corrected chi connectivity index (χ1v) is 14.0. The van der Waals surface area contributed by atoms with Crippen molar-refractivity contribution in [1.82, 2.24) is 9.88 Å². The highest BCUT2D eigenvalue weighted by atomic mass is 32.1. The van der Waals surface area contributed by atoms with E-state index < -0.39 is 58.4 Å². The predicted octanol–water partition coefficient (Wildman–Crippen LogP) is 3.72. The van der Waals surface area contributed by atoms with Crippen LogP contribution in [0.1, 0.15) is 17.5 Å². The van der Waals surface area contributed by atoms with Gasteiger partial charge >= 0.3 is 0 Å². The molecule has 1 saturated carbocycles. The number of ketones is 2. The number of aliphatic hydroxyl groups excluding tert-OH is 2. The molecule has 0 spiro atoms. The van der Waals surface area contributed by atoms with E-state index in [-0.39, 0.29) is 16.9 Å². The van der Waals surface area contributed by atoms with E-state index >= 15 is 0 Å². The second-order valence-electron chi connectivity index (χ2n) is 10.8. The number of nitrogens with one attached hydrogen (secondary N) is 1. The number of benzene rings is 2. The molecule has 6 N–H and O–H groups in total. The molecule has 2 aromatic carbocycles. The molecular weight excluding hydrogens is 544 g/mol. The number of aromatic nitrogens is 1. The van der Waals surface area contributed by atoms with Crippen LogP contribution in [0.5, 0.6) is 5.75 Å². The Kier molecular flexibility index (Phi) is 6.43. The van der Waals surface area contributed by atoms with Crippen LogP contribution in [-0.4, -0.2) is 62.8 Å². The summed E-state index contributed by atoms with van der Waals surface area (Å²) in [4.78, 5) is 45.5. The number of aromatic hydroxyl groups is 1. The lowest BCUT2D eigenvalue weighted by atomic mass is 9.59. The molecule has 10 nitrogen and oxygen atoms in total. The van der Waals surface area contributed by atoms with Crippen molar-refractivity contribution in [1.29, 1.82) is 0 Å². The van der Waals surface area contributed by atoms with Crippen LogP contribution in [0, 0.1) is 17.8 Å². The molecular formula is C30H28N4O6S. The van der Waals surface area contributed by atoms with Gasteiger partial charge < -0.3 is 26.4 Å². The number of hydrogen-bond acceptors (Lipinski definition) is 10. The monoisotopic (exact) mass is 572 g/mol. The molecule has 11 heteroatoms. The summed E-state index contributed by atoms with van der Waals surface area (Å²) in [5.41, 5.74) is 7.67. The molecule has 0 saturated heterocycles. The lowest BCUT2D eigenvalue weighted by molar-refractivity contribution is -0.136. The van der Waals surface area contributed by atoms with Gasteiger partial charge in [0.25, 0.3) is 5.91 Å². The van der Waals surface area contributed by atoms with Crippen LogP contribution < -0.4 is 11.1 Å². The van der Waals surface area contributed by atoms with Crippen LogP contribution in [0.4, 0.5) is 10.8 Å². The van der Waals surface area contributed by atoms with Crippen LogP contribution in [0.3, 0.4) is 0 Å². The summed E-state index contributed by atoms with van der Waals surface area (Å²) < 4.78 is 0. The van der Waals surface area contributed by atoms with Crippen molar-refractivity contribution in [3.05, 3.63) is 75.9 Å². The summed E-state index contributed by atoms with van der Waals surface area (Å²) >= 11 is 1.36. The topological polar surface area (TPSA) is 166 Å². The zero-order valence-electron chi connectivity index (χ0n) is 22.3. The first-order chi connectivity index (χ1) is 19.6. The van der Waals surface area contributed by atoms with Gasteiger partial charge in [-0.1, -0.05) is 36.4 Å². The Labute approximate surface area is 239 Å². The maximum atomic E-state index is 13.9. The number of anilines is 2. The lowest BCUT2D eigenvalue weighted by Crippen LogP contribution is -2.55. The minimum Gasteiger partial charge on any atom is -0.510 e. The largest absolute Gasteiger partial charge is 0.510 e. The van der Waals surface area contributed by atoms with Crippen molar-refractivity contribution in [2.24, 2.45) is 23.5 Å². The summed E-state index contributed by atoms with van der Waals surface area (Å²) in [7, 11) is 3.38. The molecule has 3 aliphatic carbocycles. The van der Waals surface area contributed by atoms with Crippen molar-refractivity contribution in [3.63, 3.8) is 0 Å². The number of nitrogens with zero attached hydrogens (tertiary/aromatic N) is 2. The van der Waals surface area contributed by atoms with Gasteiger partial charge in [0, 0.05) is 16.5 Å². The number of phenolic OH excluding ortho intramolecular Hbond substituents is 1. The van der Waals surface area contributed by atoms with E-state index in [0.29, 0.717) is 29.2 Å². The summed E-state index contributed by atoms with van der Waals surface area (Å²) in [5, 5.41) is 39.0. The van der Waals surface area contributed by atoms with E-state index in [9.17, 15) is 29.7 Å². The van der Waals surface area contributed by atoms with E-state index in [2.05, 4.69) is 10.3 Å². The number of thiazole rings is 1. The molecule has 1 aromatic heterocycles. The number of carbonyl (C=O) groups excluding carboxylic acids is 3. The van der Waals surface area contributed by atoms with Gasteiger partial charge in [-0.05, 0) is 50.4 Å². The van der Waals surface area contributed by atoms with Gasteiger partial charge in [0.15, 0.2) is 16.7 Å². The smallest absolute Gasteiger partial charge is 0.255 e. The number of carbonyl (C=O) groups is 3. The lowest BCUT2D eigenvalue weighted by Gasteiger charge is -2.46. The van der Waals surface area contributed by atoms with Crippen molar-refractivity contribution in [2.75, 3.05) is 19.4 Å². The molecule has 1 heterocycles. The summed E-state index contributed by atoms with van der Waals surface area (Å²) in [6, 6.07) is 12.4. The fourth-order valence-corrected chi connectivity index (χ4v) is 7.26. The molecule has 0 bridgehead atoms. The van der Waals surface area contributed by atoms with Crippen LogP contribution in [-0.2, 0) is 20.8 Å². The third-order valence-corrected chi connectivity index (χ3v) is 9.01. The zero-order valence-corrected chi connectivity index (χ0v) is 23.1. The molecule has 210 valence electrons. The van der Waals surface area contributed by atoms with E-state index in [0.717, 1.165) is 11.3 Å². The first-order valence-electron chi connectivity index (χ1n) is 13.1. The second-order valence-corrected chi connectivity index (χ2v) is 11.7. The number of likely N-dealkylation sites (N-methyl/N-ethyl adjacent to an activating group) is 1. The van der Waals surface area contributed by atoms with Gasteiger partial charge in [0.1, 0.15) is 22.8 Å². The number of fused-ring (bicyclic) bond motifs is 3. The molecule has 4 unspecified atom stereocenters. The van der Waals surface area contributed by atoms with E-state index in [1.807, 2.05) is 35.7 Å². The fourth-order valence-electron chi connectivity index (χ4n) is 6.53. The summed E-state index contributed by atoms with van der Waals surface area (Å²) in [5.74, 6) is -5.98. The highest BCUT2D eigenvalue weighted by Gasteiger charge is 2.55. The molecule has 6 rings (SSSR count). The number of amides is 1. The Morgan fingerprint density at radius 3 is 2.49 bits per heavy atom. The SMILES string of the molecule is CN(C)C1C(O)=C(C(N)=O)C(=O)C2C(=O)C3=C(O)c4c(ccc(Nc5nc(-c6ccccc6)cs5)c4O)CC3CC21. The Morgan fingerprint density at radius 1 is 1.07 bits per heavy atom. The Hall–Kier alpha value is -4.48. The third kappa shape index (κ3) is 4.20. The Balaban J connectivity index is 1.37. The minimum atomic E-state index is -1.29. The fraction of sp³-hybridized carbons (Fsp3) is 0.267. The minimum absolute atomic E-state index is 0.0443. The zero-order chi connectivity index (χ0) is 29.2. The highest BCUT2D eigenvalue weighted by molar-refractivity contribution is 7.14. The average molecular weight is 573 g/mol. The van der Waals surface area contributed by atoms with Crippen molar-refractivity contribution < 1.29 is 29.7 Å². The van der Waals surface area contributed by atoms with Crippen LogP contribution in [0.2, 0.25) is 0 Å². The number of hydrogen-bond donors (Lipinski definition) is 5. The van der Waals surface area contributed by atoms with E-state index in [1.54, 1.807) is 31.1 Å². The maximum Gasteiger partial charge on any atom is 0.255 e. The molecule has 0 radical (unpaired) electrons. The Bertz CT molecular complexity index is 1680. The van der Waals surface area contributed by atoms with Crippen molar-refractivity contribution >= 4 is 45.4 Å². The number of nitrogens with two attached hydrogens (primary N) is 1. The van der Waals surface area contributed by atoms with E-state index in [1.165, 1.54) is 11.3 Å². The number of rotatable bonds is 5. The standard InChI is InChI=1S/C30H28N4O6S/c1-34(2)23-16-11-15-10-14-8-9-17(32-30-33-18(12-41-30)13-6-4-3-5-7-13)24(35)19(14)25(36)20(15)26(37)21(16)27(38)22(28(23)39)29(31)40/h3-9,12,15-16,21,23,35-36,39H,10-11H2,1-2H3,(H2,31,40)(H,32,33). The van der Waals surface area contributed by atoms with Gasteiger partial charge in [-0.3, -0.25) is 19.3 Å². The van der Waals surface area contributed by atoms with Gasteiger partial charge in [0.2, 0.25) is 0 Å². The van der Waals surface area contributed by atoms with Crippen LogP contribution >= 0.6 is 11.3 Å². The molecule has 4 atom stereocenters. The molecule has 0 aliphatic heterocycles. The Morgan fingerprint density at radius 2 is 1.80 bits per heavy atom. The average Bonchev–Trinajstić information content (AvgIpc) is 3.38. The summed E-state index contributed by atoms with van der Waals surface area (Å²) in [6.07, 6.45) is 0.649. The van der Waals surface area contributed by atoms with Gasteiger partial charge in [0.05, 0.1) is 28.9 Å². The number of allylic oxidation sites excluding steroid dienone is 1. The first kappa shape index (κ1) is 26.7. The predicted molar refractivity (Wildman–Crippen MR) is 154 cm³/mol. The number of aliphatic hydroxyl groups is 2. The highest BCUT2D eigenvalue weighted by Crippen LogP contribution is 2.51. The molecule has 41 heavy (non-hydrogen) atoms. The number of primary amides is 1. The molecule has 3 aromatic rings. The van der Waals surface area contributed by atoms with Crippen LogP contribution in [0.25, 0.3) is 17.0 Å². The second kappa shape index (κ2) is 9.86. The summed E-state index contributed by atoms with van der Waals surface area (Å²) in [6.45, 7) is 0. The van der Waals surface area contributed by atoms with Gasteiger partial charge in [-0.15, -0.1) is 11.3 Å².